The van der Waals surface area contributed by atoms with Crippen molar-refractivity contribution in [2.75, 3.05) is 6.61 Å². The number of aliphatic hydroxyl groups excluding tert-OH is 4. The summed E-state index contributed by atoms with van der Waals surface area (Å²) in [6.45, 7) is -0.570. The highest BCUT2D eigenvalue weighted by molar-refractivity contribution is 5.36. The van der Waals surface area contributed by atoms with Crippen LogP contribution in [0.4, 0.5) is 5.69 Å². The molecule has 9 nitrogen and oxygen atoms in total. The molecule has 0 aromatic heterocycles. The van der Waals surface area contributed by atoms with Gasteiger partial charge in [-0.15, -0.1) is 0 Å². The molecule has 1 saturated heterocycles. The number of nitro groups is 1. The standard InChI is InChI=1S/C12H15NO8/c14-5-8-9(15)10(16)11(12(17)21-8)20-7-3-1-6(2-4-7)13(18)19/h1-4,8-12,14-17H,5H2/t8-,9-,10+,11+,12+/m1/s1. The number of nitro benzene ring substituents is 1. The van der Waals surface area contributed by atoms with Gasteiger partial charge in [0.1, 0.15) is 24.1 Å². The van der Waals surface area contributed by atoms with Crippen molar-refractivity contribution in [3.05, 3.63) is 34.4 Å². The Kier molecular flexibility index (Phi) is 4.70. The lowest BCUT2D eigenvalue weighted by Gasteiger charge is -2.39. The van der Waals surface area contributed by atoms with Crippen molar-refractivity contribution in [1.82, 2.24) is 0 Å². The first-order valence-corrected chi connectivity index (χ1v) is 6.15. The number of hydrogen-bond donors (Lipinski definition) is 4. The largest absolute Gasteiger partial charge is 0.482 e. The molecule has 0 amide bonds. The zero-order valence-corrected chi connectivity index (χ0v) is 10.8. The van der Waals surface area contributed by atoms with E-state index in [0.717, 1.165) is 0 Å². The van der Waals surface area contributed by atoms with Gasteiger partial charge in [-0.1, -0.05) is 0 Å². The summed E-state index contributed by atoms with van der Waals surface area (Å²) in [4.78, 5) is 9.95. The van der Waals surface area contributed by atoms with Crippen LogP contribution < -0.4 is 4.74 Å². The molecule has 1 aromatic rings. The quantitative estimate of drug-likeness (QED) is 0.400. The van der Waals surface area contributed by atoms with Gasteiger partial charge in [0.05, 0.1) is 11.5 Å². The number of hydrogen-bond acceptors (Lipinski definition) is 8. The summed E-state index contributed by atoms with van der Waals surface area (Å²) < 4.78 is 10.2. The molecule has 1 aromatic carbocycles. The summed E-state index contributed by atoms with van der Waals surface area (Å²) in [7, 11) is 0. The lowest BCUT2D eigenvalue weighted by atomic mass is 9.99. The van der Waals surface area contributed by atoms with Crippen molar-refractivity contribution in [3.63, 3.8) is 0 Å². The van der Waals surface area contributed by atoms with Gasteiger partial charge in [0.2, 0.25) is 0 Å². The molecule has 9 heteroatoms. The van der Waals surface area contributed by atoms with Gasteiger partial charge in [-0.2, -0.15) is 0 Å². The SMILES string of the molecule is O=[N+]([O-])c1ccc(O[C@H]2[C@@H](O)[C@H](O)[C@@H](CO)O[C@@H]2O)cc1. The number of non-ortho nitro benzene ring substituents is 1. The molecule has 1 heterocycles. The molecule has 116 valence electrons. The van der Waals surface area contributed by atoms with Gasteiger partial charge in [-0.25, -0.2) is 0 Å². The smallest absolute Gasteiger partial charge is 0.269 e. The van der Waals surface area contributed by atoms with E-state index in [1.807, 2.05) is 0 Å². The molecule has 1 fully saturated rings. The van der Waals surface area contributed by atoms with Crippen LogP contribution in [0.1, 0.15) is 0 Å². The van der Waals surface area contributed by atoms with E-state index in [4.69, 9.17) is 14.6 Å². The van der Waals surface area contributed by atoms with Crippen molar-refractivity contribution in [2.24, 2.45) is 0 Å². The minimum absolute atomic E-state index is 0.135. The number of benzene rings is 1. The van der Waals surface area contributed by atoms with Gasteiger partial charge in [-0.05, 0) is 12.1 Å². The van der Waals surface area contributed by atoms with Gasteiger partial charge in [-0.3, -0.25) is 10.1 Å². The van der Waals surface area contributed by atoms with Gasteiger partial charge < -0.3 is 29.9 Å². The van der Waals surface area contributed by atoms with Crippen molar-refractivity contribution < 1.29 is 34.8 Å². The predicted octanol–water partition coefficient (Wildman–Crippen LogP) is -1.23. The molecule has 0 radical (unpaired) electrons. The van der Waals surface area contributed by atoms with Crippen LogP contribution in [0.15, 0.2) is 24.3 Å². The highest BCUT2D eigenvalue weighted by Gasteiger charge is 2.45. The minimum Gasteiger partial charge on any atom is -0.482 e. The Hall–Kier alpha value is -1.78. The van der Waals surface area contributed by atoms with Crippen LogP contribution in [-0.2, 0) is 4.74 Å². The Morgan fingerprint density at radius 1 is 1.19 bits per heavy atom. The summed E-state index contributed by atoms with van der Waals surface area (Å²) in [5.74, 6) is 0.155. The summed E-state index contributed by atoms with van der Waals surface area (Å²) >= 11 is 0. The minimum atomic E-state index is -1.56. The Balaban J connectivity index is 2.09. The fourth-order valence-corrected chi connectivity index (χ4v) is 2.00. The Morgan fingerprint density at radius 3 is 2.33 bits per heavy atom. The zero-order valence-electron chi connectivity index (χ0n) is 10.8. The maximum absolute atomic E-state index is 10.5. The number of nitrogens with zero attached hydrogens (tertiary/aromatic N) is 1. The first kappa shape index (κ1) is 15.6. The van der Waals surface area contributed by atoms with Crippen molar-refractivity contribution >= 4 is 5.69 Å². The number of aliphatic hydroxyl groups is 4. The first-order chi connectivity index (χ1) is 9.93. The average Bonchev–Trinajstić information content (AvgIpc) is 2.47. The van der Waals surface area contributed by atoms with Gasteiger partial charge in [0.15, 0.2) is 12.4 Å². The fraction of sp³-hybridized carbons (Fsp3) is 0.500. The molecular formula is C12H15NO8. The Bertz CT molecular complexity index is 493. The molecule has 0 unspecified atom stereocenters. The number of rotatable bonds is 4. The molecule has 21 heavy (non-hydrogen) atoms. The molecular weight excluding hydrogens is 286 g/mol. The average molecular weight is 301 g/mol. The van der Waals surface area contributed by atoms with E-state index in [0.29, 0.717) is 0 Å². The lowest BCUT2D eigenvalue weighted by Crippen LogP contribution is -2.60. The summed E-state index contributed by atoms with van der Waals surface area (Å²) in [6, 6.07) is 4.99. The van der Waals surface area contributed by atoms with E-state index < -0.39 is 42.2 Å². The second-order valence-corrected chi connectivity index (χ2v) is 4.56. The van der Waals surface area contributed by atoms with Crippen molar-refractivity contribution in [2.45, 2.75) is 30.7 Å². The van der Waals surface area contributed by atoms with Crippen LogP contribution in [0, 0.1) is 10.1 Å². The second kappa shape index (κ2) is 6.33. The number of ether oxygens (including phenoxy) is 2. The molecule has 0 aliphatic carbocycles. The monoisotopic (exact) mass is 301 g/mol. The fourth-order valence-electron chi connectivity index (χ4n) is 2.00. The Morgan fingerprint density at radius 2 is 1.81 bits per heavy atom. The van der Waals surface area contributed by atoms with Crippen molar-refractivity contribution in [1.29, 1.82) is 0 Å². The highest BCUT2D eigenvalue weighted by atomic mass is 16.7. The molecule has 4 N–H and O–H groups in total. The maximum Gasteiger partial charge on any atom is 0.269 e. The molecule has 1 aliphatic rings. The van der Waals surface area contributed by atoms with E-state index in [1.54, 1.807) is 0 Å². The van der Waals surface area contributed by atoms with E-state index in [2.05, 4.69) is 0 Å². The van der Waals surface area contributed by atoms with Crippen LogP contribution in [0.2, 0.25) is 0 Å². The van der Waals surface area contributed by atoms with Gasteiger partial charge in [0.25, 0.3) is 5.69 Å². The van der Waals surface area contributed by atoms with Gasteiger partial charge >= 0.3 is 0 Å². The van der Waals surface area contributed by atoms with E-state index in [9.17, 15) is 25.4 Å². The topological polar surface area (TPSA) is 143 Å². The third-order valence-electron chi connectivity index (χ3n) is 3.16. The highest BCUT2D eigenvalue weighted by Crippen LogP contribution is 2.25. The van der Waals surface area contributed by atoms with Crippen LogP contribution in [0.25, 0.3) is 0 Å². The Labute approximate surface area is 119 Å². The van der Waals surface area contributed by atoms with E-state index in [1.165, 1.54) is 24.3 Å². The predicted molar refractivity (Wildman–Crippen MR) is 67.5 cm³/mol. The second-order valence-electron chi connectivity index (χ2n) is 4.56. The third kappa shape index (κ3) is 3.28. The summed E-state index contributed by atoms with van der Waals surface area (Å²) in [6.07, 6.45) is -6.88. The summed E-state index contributed by atoms with van der Waals surface area (Å²) in [5, 5.41) is 48.8. The third-order valence-corrected chi connectivity index (χ3v) is 3.16. The van der Waals surface area contributed by atoms with Crippen LogP contribution in [-0.4, -0.2) is 62.7 Å². The molecule has 2 rings (SSSR count). The van der Waals surface area contributed by atoms with Crippen LogP contribution in [0.5, 0.6) is 5.75 Å². The normalized spacial score (nSPS) is 32.7. The first-order valence-electron chi connectivity index (χ1n) is 6.15. The molecule has 0 saturated carbocycles. The van der Waals surface area contributed by atoms with E-state index in [-0.39, 0.29) is 11.4 Å². The van der Waals surface area contributed by atoms with Gasteiger partial charge in [0, 0.05) is 12.1 Å². The molecule has 0 bridgehead atoms. The lowest BCUT2D eigenvalue weighted by molar-refractivity contribution is -0.384. The van der Waals surface area contributed by atoms with Crippen molar-refractivity contribution in [3.8, 4) is 5.75 Å². The van der Waals surface area contributed by atoms with Crippen LogP contribution in [0.3, 0.4) is 0 Å². The maximum atomic E-state index is 10.5. The van der Waals surface area contributed by atoms with E-state index >= 15 is 0 Å². The molecule has 1 aliphatic heterocycles. The zero-order chi connectivity index (χ0) is 15.6. The molecule has 5 atom stereocenters. The van der Waals surface area contributed by atoms with Crippen LogP contribution >= 0.6 is 0 Å². The molecule has 0 spiro atoms. The summed E-state index contributed by atoms with van der Waals surface area (Å²) in [5.41, 5.74) is -0.135.